The number of nitrogens with zero attached hydrogens (tertiary/aromatic N) is 1. The number of anilines is 1. The van der Waals surface area contributed by atoms with Crippen LogP contribution in [0.5, 0.6) is 5.75 Å². The lowest BCUT2D eigenvalue weighted by Gasteiger charge is -2.08. The third-order valence-electron chi connectivity index (χ3n) is 1.93. The van der Waals surface area contributed by atoms with Crippen LogP contribution in [0.3, 0.4) is 0 Å². The summed E-state index contributed by atoms with van der Waals surface area (Å²) in [5.41, 5.74) is 6.58. The topological polar surface area (TPSA) is 59.6 Å². The molecule has 0 aliphatic carbocycles. The molecule has 0 saturated heterocycles. The molecule has 0 aliphatic rings. The van der Waals surface area contributed by atoms with Gasteiger partial charge in [-0.05, 0) is 40.5 Å². The van der Waals surface area contributed by atoms with Crippen LogP contribution in [-0.2, 0) is 0 Å². The van der Waals surface area contributed by atoms with E-state index in [9.17, 15) is 0 Å². The summed E-state index contributed by atoms with van der Waals surface area (Å²) in [6, 6.07) is 5.64. The Bertz CT molecular complexity index is 379. The van der Waals surface area contributed by atoms with Gasteiger partial charge in [-0.3, -0.25) is 4.99 Å². The van der Waals surface area contributed by atoms with Crippen LogP contribution < -0.4 is 15.8 Å². The van der Waals surface area contributed by atoms with E-state index in [-0.39, 0.29) is 0 Å². The van der Waals surface area contributed by atoms with Crippen LogP contribution in [-0.4, -0.2) is 19.6 Å². The van der Waals surface area contributed by atoms with Crippen molar-refractivity contribution in [1.82, 2.24) is 0 Å². The summed E-state index contributed by atoms with van der Waals surface area (Å²) in [7, 11) is 1.63. The van der Waals surface area contributed by atoms with Crippen LogP contribution in [0.2, 0.25) is 0 Å². The first-order valence-electron chi connectivity index (χ1n) is 5.08. The Balaban J connectivity index is 2.71. The molecule has 3 N–H and O–H groups in total. The van der Waals surface area contributed by atoms with Gasteiger partial charge in [0.2, 0.25) is 0 Å². The van der Waals surface area contributed by atoms with E-state index in [1.54, 1.807) is 7.11 Å². The van der Waals surface area contributed by atoms with E-state index < -0.39 is 0 Å². The van der Waals surface area contributed by atoms with Crippen molar-refractivity contribution >= 4 is 27.6 Å². The molecule has 0 fully saturated rings. The number of rotatable bonds is 4. The van der Waals surface area contributed by atoms with Gasteiger partial charge in [0.05, 0.1) is 11.6 Å². The second-order valence-corrected chi connectivity index (χ2v) is 4.10. The minimum absolute atomic E-state index is 0.430. The van der Waals surface area contributed by atoms with Crippen molar-refractivity contribution in [2.75, 3.05) is 19.0 Å². The molecular formula is C11H16BrN3O. The largest absolute Gasteiger partial charge is 0.496 e. The smallest absolute Gasteiger partial charge is 0.193 e. The minimum Gasteiger partial charge on any atom is -0.496 e. The lowest BCUT2D eigenvalue weighted by atomic mass is 10.3. The molecule has 16 heavy (non-hydrogen) atoms. The molecule has 0 amide bonds. The number of benzene rings is 1. The number of nitrogens with two attached hydrogens (primary N) is 1. The molecule has 4 nitrogen and oxygen atoms in total. The normalized spacial score (nSPS) is 11.3. The van der Waals surface area contributed by atoms with E-state index in [4.69, 9.17) is 10.5 Å². The molecular weight excluding hydrogens is 270 g/mol. The van der Waals surface area contributed by atoms with Gasteiger partial charge in [0, 0.05) is 12.2 Å². The predicted octanol–water partition coefficient (Wildman–Crippen LogP) is 2.59. The molecule has 5 heteroatoms. The standard InChI is InChI=1S/C11H16BrN3O/c1-3-6-14-11(13)15-8-4-5-10(16-2)9(12)7-8/h4-5,7H,3,6H2,1-2H3,(H3,13,14,15). The average Bonchev–Trinajstić information content (AvgIpc) is 2.26. The van der Waals surface area contributed by atoms with Gasteiger partial charge < -0.3 is 15.8 Å². The first-order valence-corrected chi connectivity index (χ1v) is 5.87. The molecule has 88 valence electrons. The summed E-state index contributed by atoms with van der Waals surface area (Å²) < 4.78 is 6.01. The van der Waals surface area contributed by atoms with Gasteiger partial charge in [-0.15, -0.1) is 0 Å². The predicted molar refractivity (Wildman–Crippen MR) is 71.1 cm³/mol. The van der Waals surface area contributed by atoms with Crippen molar-refractivity contribution < 1.29 is 4.74 Å². The number of aliphatic imine (C=N–C) groups is 1. The Morgan fingerprint density at radius 2 is 2.31 bits per heavy atom. The fourth-order valence-electron chi connectivity index (χ4n) is 1.16. The highest BCUT2D eigenvalue weighted by Gasteiger charge is 2.01. The third kappa shape index (κ3) is 3.73. The van der Waals surface area contributed by atoms with Gasteiger partial charge in [0.15, 0.2) is 5.96 Å². The monoisotopic (exact) mass is 285 g/mol. The van der Waals surface area contributed by atoms with Gasteiger partial charge in [0.1, 0.15) is 5.75 Å². The summed E-state index contributed by atoms with van der Waals surface area (Å²) in [5, 5.41) is 3.01. The maximum Gasteiger partial charge on any atom is 0.193 e. The van der Waals surface area contributed by atoms with E-state index in [1.807, 2.05) is 18.2 Å². The molecule has 0 heterocycles. The van der Waals surface area contributed by atoms with Crippen molar-refractivity contribution in [3.8, 4) is 5.75 Å². The number of nitrogens with one attached hydrogen (secondary N) is 1. The van der Waals surface area contributed by atoms with Gasteiger partial charge in [-0.25, -0.2) is 0 Å². The summed E-state index contributed by atoms with van der Waals surface area (Å²) in [5.74, 6) is 1.22. The molecule has 1 aromatic carbocycles. The first-order chi connectivity index (χ1) is 7.67. The SMILES string of the molecule is CCCN=C(N)Nc1ccc(OC)c(Br)c1. The van der Waals surface area contributed by atoms with Crippen LogP contribution >= 0.6 is 15.9 Å². The Morgan fingerprint density at radius 1 is 1.56 bits per heavy atom. The van der Waals surface area contributed by atoms with Crippen LogP contribution in [0.4, 0.5) is 5.69 Å². The van der Waals surface area contributed by atoms with Gasteiger partial charge in [-0.2, -0.15) is 0 Å². The number of methoxy groups -OCH3 is 1. The van der Waals surface area contributed by atoms with E-state index >= 15 is 0 Å². The number of guanidine groups is 1. The number of hydrogen-bond acceptors (Lipinski definition) is 2. The highest BCUT2D eigenvalue weighted by molar-refractivity contribution is 9.10. The number of halogens is 1. The molecule has 0 saturated carbocycles. The van der Waals surface area contributed by atoms with E-state index in [0.717, 1.165) is 28.9 Å². The Kier molecular flexibility index (Phi) is 5.11. The first kappa shape index (κ1) is 12.8. The highest BCUT2D eigenvalue weighted by Crippen LogP contribution is 2.27. The van der Waals surface area contributed by atoms with E-state index in [0.29, 0.717) is 5.96 Å². The van der Waals surface area contributed by atoms with Crippen molar-refractivity contribution in [1.29, 1.82) is 0 Å². The Morgan fingerprint density at radius 3 is 2.88 bits per heavy atom. The molecule has 0 bridgehead atoms. The van der Waals surface area contributed by atoms with Gasteiger partial charge in [0.25, 0.3) is 0 Å². The molecule has 0 spiro atoms. The van der Waals surface area contributed by atoms with Crippen molar-refractivity contribution in [2.45, 2.75) is 13.3 Å². The molecule has 0 atom stereocenters. The lowest BCUT2D eigenvalue weighted by molar-refractivity contribution is 0.412. The van der Waals surface area contributed by atoms with E-state index in [2.05, 4.69) is 33.2 Å². The molecule has 1 aromatic rings. The van der Waals surface area contributed by atoms with Gasteiger partial charge in [-0.1, -0.05) is 6.92 Å². The molecule has 0 aromatic heterocycles. The summed E-state index contributed by atoms with van der Waals surface area (Å²) in [4.78, 5) is 4.15. The number of hydrogen-bond donors (Lipinski definition) is 2. The lowest BCUT2D eigenvalue weighted by Crippen LogP contribution is -2.22. The Hall–Kier alpha value is -1.23. The molecule has 0 aliphatic heterocycles. The zero-order valence-electron chi connectivity index (χ0n) is 9.46. The van der Waals surface area contributed by atoms with Crippen LogP contribution in [0, 0.1) is 0 Å². The maximum absolute atomic E-state index is 5.70. The second kappa shape index (κ2) is 6.37. The molecule has 0 radical (unpaired) electrons. The minimum atomic E-state index is 0.430. The van der Waals surface area contributed by atoms with E-state index in [1.165, 1.54) is 0 Å². The zero-order chi connectivity index (χ0) is 12.0. The Labute approximate surface area is 104 Å². The summed E-state index contributed by atoms with van der Waals surface area (Å²) in [6.07, 6.45) is 0.981. The second-order valence-electron chi connectivity index (χ2n) is 3.24. The molecule has 1 rings (SSSR count). The number of ether oxygens (including phenoxy) is 1. The van der Waals surface area contributed by atoms with Crippen molar-refractivity contribution in [2.24, 2.45) is 10.7 Å². The van der Waals surface area contributed by atoms with Gasteiger partial charge >= 0.3 is 0 Å². The van der Waals surface area contributed by atoms with Crippen molar-refractivity contribution in [3.63, 3.8) is 0 Å². The summed E-state index contributed by atoms with van der Waals surface area (Å²) >= 11 is 3.40. The van der Waals surface area contributed by atoms with Crippen LogP contribution in [0.15, 0.2) is 27.7 Å². The van der Waals surface area contributed by atoms with Crippen LogP contribution in [0.25, 0.3) is 0 Å². The maximum atomic E-state index is 5.70. The quantitative estimate of drug-likeness (QED) is 0.660. The highest BCUT2D eigenvalue weighted by atomic mass is 79.9. The van der Waals surface area contributed by atoms with Crippen LogP contribution in [0.1, 0.15) is 13.3 Å². The zero-order valence-corrected chi connectivity index (χ0v) is 11.0. The molecule has 0 unspecified atom stereocenters. The third-order valence-corrected chi connectivity index (χ3v) is 2.55. The average molecular weight is 286 g/mol. The summed E-state index contributed by atoms with van der Waals surface area (Å²) in [6.45, 7) is 2.79. The fourth-order valence-corrected chi connectivity index (χ4v) is 1.70. The van der Waals surface area contributed by atoms with Crippen molar-refractivity contribution in [3.05, 3.63) is 22.7 Å². The fraction of sp³-hybridized carbons (Fsp3) is 0.364.